The summed E-state index contributed by atoms with van der Waals surface area (Å²) in [5.41, 5.74) is 2.03. The Bertz CT molecular complexity index is 935. The summed E-state index contributed by atoms with van der Waals surface area (Å²) in [4.78, 5) is 14.1. The van der Waals surface area contributed by atoms with Crippen LogP contribution in [0.4, 0.5) is 10.8 Å². The van der Waals surface area contributed by atoms with E-state index in [1.807, 2.05) is 24.3 Å². The van der Waals surface area contributed by atoms with E-state index in [1.54, 1.807) is 20.8 Å². The predicted molar refractivity (Wildman–Crippen MR) is 115 cm³/mol. The number of piperidine rings is 1. The number of carbonyl (C=O) groups is 1. The minimum absolute atomic E-state index is 0.169. The van der Waals surface area contributed by atoms with Gasteiger partial charge in [-0.05, 0) is 43.9 Å². The summed E-state index contributed by atoms with van der Waals surface area (Å²) in [7, 11) is -3.84. The van der Waals surface area contributed by atoms with E-state index in [-0.39, 0.29) is 21.3 Å². The molecule has 29 heavy (non-hydrogen) atoms. The Labute approximate surface area is 175 Å². The zero-order chi connectivity index (χ0) is 21.0. The molecular weight excluding hydrogens is 410 g/mol. The average Bonchev–Trinajstić information content (AvgIpc) is 3.18. The Kier molecular flexibility index (Phi) is 6.86. The first-order chi connectivity index (χ1) is 13.8. The van der Waals surface area contributed by atoms with Crippen LogP contribution in [0.15, 0.2) is 28.6 Å². The van der Waals surface area contributed by atoms with Gasteiger partial charge in [-0.1, -0.05) is 37.3 Å². The summed E-state index contributed by atoms with van der Waals surface area (Å²) in [6, 6.07) is 7.55. The number of rotatable bonds is 7. The van der Waals surface area contributed by atoms with Crippen LogP contribution in [0.3, 0.4) is 0 Å². The van der Waals surface area contributed by atoms with Crippen molar-refractivity contribution in [3.8, 4) is 0 Å². The molecule has 1 aliphatic rings. The van der Waals surface area contributed by atoms with E-state index in [4.69, 9.17) is 0 Å². The lowest BCUT2D eigenvalue weighted by Gasteiger charge is -2.29. The van der Waals surface area contributed by atoms with Crippen molar-refractivity contribution in [1.82, 2.24) is 14.9 Å². The van der Waals surface area contributed by atoms with E-state index in [9.17, 15) is 13.2 Å². The number of sulfonamides is 1. The Morgan fingerprint density at radius 2 is 1.72 bits per heavy atom. The van der Waals surface area contributed by atoms with Crippen LogP contribution >= 0.6 is 11.3 Å². The first-order valence-electron chi connectivity index (χ1n) is 9.78. The quantitative estimate of drug-likeness (QED) is 0.645. The second-order valence-corrected chi connectivity index (χ2v) is 10.4. The van der Waals surface area contributed by atoms with Gasteiger partial charge < -0.3 is 10.2 Å². The van der Waals surface area contributed by atoms with Crippen molar-refractivity contribution >= 4 is 38.1 Å². The molecule has 2 heterocycles. The number of benzene rings is 1. The van der Waals surface area contributed by atoms with Gasteiger partial charge >= 0.3 is 0 Å². The number of anilines is 2. The highest BCUT2D eigenvalue weighted by Gasteiger charge is 2.24. The lowest BCUT2D eigenvalue weighted by molar-refractivity contribution is -0.118. The number of nitrogens with one attached hydrogen (secondary N) is 2. The van der Waals surface area contributed by atoms with Crippen LogP contribution in [0.25, 0.3) is 0 Å². The molecule has 0 saturated carbocycles. The summed E-state index contributed by atoms with van der Waals surface area (Å²) in [5.74, 6) is -0.467. The molecule has 1 atom stereocenters. The standard InChI is InChI=1S/C19H27N5O3S2/c1-13(2)17(25)20-18-21-22-19(28-18)29(26,27)23-14(3)15-7-9-16(10-8-15)24-11-5-4-6-12-24/h7-10,13-14,23H,4-6,11-12H2,1-3H3,(H,20,21,25)/t14-/m0/s1. The maximum absolute atomic E-state index is 12.6. The van der Waals surface area contributed by atoms with E-state index >= 15 is 0 Å². The van der Waals surface area contributed by atoms with Crippen LogP contribution in [0, 0.1) is 5.92 Å². The molecule has 158 valence electrons. The minimum Gasteiger partial charge on any atom is -0.372 e. The Balaban J connectivity index is 1.65. The molecule has 3 rings (SSSR count). The van der Waals surface area contributed by atoms with Gasteiger partial charge in [0.15, 0.2) is 0 Å². The van der Waals surface area contributed by atoms with Crippen LogP contribution in [0.2, 0.25) is 0 Å². The average molecular weight is 438 g/mol. The molecule has 10 heteroatoms. The fourth-order valence-electron chi connectivity index (χ4n) is 3.10. The topological polar surface area (TPSA) is 104 Å². The highest BCUT2D eigenvalue weighted by molar-refractivity contribution is 7.91. The van der Waals surface area contributed by atoms with Gasteiger partial charge in [0.2, 0.25) is 15.4 Å². The molecule has 8 nitrogen and oxygen atoms in total. The molecule has 0 spiro atoms. The van der Waals surface area contributed by atoms with Crippen LogP contribution in [0.1, 0.15) is 51.6 Å². The van der Waals surface area contributed by atoms with Crippen molar-refractivity contribution in [1.29, 1.82) is 0 Å². The lowest BCUT2D eigenvalue weighted by atomic mass is 10.1. The summed E-state index contributed by atoms with van der Waals surface area (Å²) in [6.07, 6.45) is 3.70. The van der Waals surface area contributed by atoms with Crippen molar-refractivity contribution in [3.05, 3.63) is 29.8 Å². The van der Waals surface area contributed by atoms with Gasteiger partial charge in [0.1, 0.15) is 0 Å². The molecule has 1 aliphatic heterocycles. The van der Waals surface area contributed by atoms with Crippen molar-refractivity contribution in [2.75, 3.05) is 23.3 Å². The normalized spacial score (nSPS) is 16.1. The van der Waals surface area contributed by atoms with Crippen molar-refractivity contribution < 1.29 is 13.2 Å². The number of amides is 1. The lowest BCUT2D eigenvalue weighted by Crippen LogP contribution is -2.29. The zero-order valence-electron chi connectivity index (χ0n) is 16.9. The molecule has 0 bridgehead atoms. The third-order valence-electron chi connectivity index (χ3n) is 4.84. The zero-order valence-corrected chi connectivity index (χ0v) is 18.5. The fourth-order valence-corrected chi connectivity index (χ4v) is 5.25. The first-order valence-corrected chi connectivity index (χ1v) is 12.1. The highest BCUT2D eigenvalue weighted by Crippen LogP contribution is 2.25. The SMILES string of the molecule is CC(C)C(=O)Nc1nnc(S(=O)(=O)N[C@@H](C)c2ccc(N3CCCCC3)cc2)s1. The maximum Gasteiger partial charge on any atom is 0.270 e. The second-order valence-electron chi connectivity index (χ2n) is 7.50. The molecule has 0 unspecified atom stereocenters. The first kappa shape index (κ1) is 21.7. The van der Waals surface area contributed by atoms with Crippen LogP contribution in [-0.4, -0.2) is 37.6 Å². The van der Waals surface area contributed by atoms with Crippen LogP contribution in [0.5, 0.6) is 0 Å². The summed E-state index contributed by atoms with van der Waals surface area (Å²) in [5, 5.41) is 10.2. The van der Waals surface area contributed by atoms with Gasteiger partial charge in [0.25, 0.3) is 10.0 Å². The Hall–Kier alpha value is -2.04. The molecule has 2 N–H and O–H groups in total. The monoisotopic (exact) mass is 437 g/mol. The van der Waals surface area contributed by atoms with Gasteiger partial charge in [0.05, 0.1) is 0 Å². The number of nitrogens with zero attached hydrogens (tertiary/aromatic N) is 3. The van der Waals surface area contributed by atoms with Crippen molar-refractivity contribution in [2.24, 2.45) is 5.92 Å². The molecule has 1 saturated heterocycles. The van der Waals surface area contributed by atoms with Gasteiger partial charge in [-0.3, -0.25) is 4.79 Å². The van der Waals surface area contributed by atoms with Crippen LogP contribution in [-0.2, 0) is 14.8 Å². The predicted octanol–water partition coefficient (Wildman–Crippen LogP) is 3.16. The van der Waals surface area contributed by atoms with Gasteiger partial charge in [-0.2, -0.15) is 0 Å². The summed E-state index contributed by atoms with van der Waals surface area (Å²) >= 11 is 0.833. The highest BCUT2D eigenvalue weighted by atomic mass is 32.2. The maximum atomic E-state index is 12.6. The summed E-state index contributed by atoms with van der Waals surface area (Å²) in [6.45, 7) is 7.40. The van der Waals surface area contributed by atoms with Gasteiger partial charge in [-0.25, -0.2) is 13.1 Å². The third kappa shape index (κ3) is 5.52. The van der Waals surface area contributed by atoms with Crippen LogP contribution < -0.4 is 14.9 Å². The van der Waals surface area contributed by atoms with Gasteiger partial charge in [0, 0.05) is 30.7 Å². The molecule has 0 aliphatic carbocycles. The van der Waals surface area contributed by atoms with E-state index in [0.717, 1.165) is 35.7 Å². The smallest absolute Gasteiger partial charge is 0.270 e. The summed E-state index contributed by atoms with van der Waals surface area (Å²) < 4.78 is 27.7. The number of aromatic nitrogens is 2. The molecule has 1 aromatic carbocycles. The largest absolute Gasteiger partial charge is 0.372 e. The van der Waals surface area contributed by atoms with E-state index in [1.165, 1.54) is 19.3 Å². The van der Waals surface area contributed by atoms with E-state index < -0.39 is 16.1 Å². The second kappa shape index (κ2) is 9.19. The number of hydrogen-bond donors (Lipinski definition) is 2. The van der Waals surface area contributed by atoms with Gasteiger partial charge in [-0.15, -0.1) is 10.2 Å². The van der Waals surface area contributed by atoms with E-state index in [2.05, 4.69) is 25.1 Å². The number of hydrogen-bond acceptors (Lipinski definition) is 7. The molecule has 0 radical (unpaired) electrons. The fraction of sp³-hybridized carbons (Fsp3) is 0.526. The minimum atomic E-state index is -3.84. The molecular formula is C19H27N5O3S2. The third-order valence-corrected chi connectivity index (χ3v) is 7.58. The van der Waals surface area contributed by atoms with Crippen molar-refractivity contribution in [2.45, 2.75) is 50.4 Å². The number of carbonyl (C=O) groups excluding carboxylic acids is 1. The Morgan fingerprint density at radius 3 is 2.34 bits per heavy atom. The Morgan fingerprint density at radius 1 is 1.07 bits per heavy atom. The molecule has 1 amide bonds. The molecule has 1 aromatic heterocycles. The van der Waals surface area contributed by atoms with E-state index in [0.29, 0.717) is 0 Å². The molecule has 1 fully saturated rings. The van der Waals surface area contributed by atoms with Crippen molar-refractivity contribution in [3.63, 3.8) is 0 Å². The molecule has 2 aromatic rings.